The van der Waals surface area contributed by atoms with Gasteiger partial charge in [-0.3, -0.25) is 4.79 Å². The third-order valence-electron chi connectivity index (χ3n) is 1.70. The number of Topliss-reactive ketones (excluding diaryl/α,β-unsaturated/α-hetero) is 1. The Bertz CT molecular complexity index is 377. The van der Waals surface area contributed by atoms with Crippen molar-refractivity contribution < 1.29 is 18.7 Å². The van der Waals surface area contributed by atoms with E-state index in [2.05, 4.69) is 15.9 Å². The maximum absolute atomic E-state index is 12.4. The van der Waals surface area contributed by atoms with Crippen LogP contribution in [-0.4, -0.2) is 10.9 Å². The van der Waals surface area contributed by atoms with Gasteiger partial charge in [0, 0.05) is 15.6 Å². The van der Waals surface area contributed by atoms with E-state index < -0.39 is 6.43 Å². The molecule has 76 valence electrons. The Balaban J connectivity index is 3.40. The summed E-state index contributed by atoms with van der Waals surface area (Å²) in [6.45, 7) is 1.24. The highest BCUT2D eigenvalue weighted by molar-refractivity contribution is 9.10. The van der Waals surface area contributed by atoms with Crippen LogP contribution in [0.2, 0.25) is 0 Å². The van der Waals surface area contributed by atoms with E-state index in [-0.39, 0.29) is 27.1 Å². The molecular weight excluding hydrogens is 258 g/mol. The van der Waals surface area contributed by atoms with Gasteiger partial charge in [-0.15, -0.1) is 0 Å². The van der Waals surface area contributed by atoms with Crippen LogP contribution in [0.25, 0.3) is 0 Å². The first-order valence-electron chi connectivity index (χ1n) is 3.75. The number of phenols is 1. The van der Waals surface area contributed by atoms with E-state index >= 15 is 0 Å². The van der Waals surface area contributed by atoms with E-state index in [1.807, 2.05) is 0 Å². The van der Waals surface area contributed by atoms with Crippen LogP contribution in [0.15, 0.2) is 16.6 Å². The molecule has 0 spiro atoms. The maximum Gasteiger partial charge on any atom is 0.265 e. The smallest absolute Gasteiger partial charge is 0.265 e. The fourth-order valence-electron chi connectivity index (χ4n) is 1.05. The first kappa shape index (κ1) is 11.1. The minimum absolute atomic E-state index is 0.0396. The molecule has 0 saturated heterocycles. The Morgan fingerprint density at radius 1 is 1.50 bits per heavy atom. The van der Waals surface area contributed by atoms with E-state index in [0.29, 0.717) is 0 Å². The van der Waals surface area contributed by atoms with Crippen molar-refractivity contribution in [2.75, 3.05) is 0 Å². The van der Waals surface area contributed by atoms with Gasteiger partial charge >= 0.3 is 0 Å². The van der Waals surface area contributed by atoms with Crippen LogP contribution in [0.3, 0.4) is 0 Å². The molecule has 1 aromatic rings. The number of alkyl halides is 2. The van der Waals surface area contributed by atoms with Crippen molar-refractivity contribution in [3.05, 3.63) is 27.7 Å². The number of hydrogen-bond donors (Lipinski definition) is 1. The largest absolute Gasteiger partial charge is 0.508 e. The molecule has 0 unspecified atom stereocenters. The standard InChI is InChI=1S/C9H7BrF2O2/c1-4(13)6-2-5(14)3-7(8(6)10)9(11)12/h2-3,9,14H,1H3. The summed E-state index contributed by atoms with van der Waals surface area (Å²) in [4.78, 5) is 11.0. The average Bonchev–Trinajstić information content (AvgIpc) is 2.07. The zero-order valence-electron chi connectivity index (χ0n) is 7.22. The summed E-state index contributed by atoms with van der Waals surface area (Å²) < 4.78 is 24.8. The Labute approximate surface area is 87.7 Å². The number of benzene rings is 1. The summed E-state index contributed by atoms with van der Waals surface area (Å²) in [5.74, 6) is -0.719. The Kier molecular flexibility index (Phi) is 3.21. The Morgan fingerprint density at radius 2 is 2.07 bits per heavy atom. The Hall–Kier alpha value is -0.970. The quantitative estimate of drug-likeness (QED) is 0.833. The molecule has 0 aromatic heterocycles. The molecule has 0 amide bonds. The minimum atomic E-state index is -2.73. The Morgan fingerprint density at radius 3 is 2.50 bits per heavy atom. The van der Waals surface area contributed by atoms with Gasteiger partial charge in [0.15, 0.2) is 5.78 Å². The highest BCUT2D eigenvalue weighted by Crippen LogP contribution is 2.33. The highest BCUT2D eigenvalue weighted by atomic mass is 79.9. The van der Waals surface area contributed by atoms with Gasteiger partial charge in [-0.05, 0) is 35.0 Å². The summed E-state index contributed by atoms with van der Waals surface area (Å²) in [7, 11) is 0. The van der Waals surface area contributed by atoms with Crippen LogP contribution in [0.4, 0.5) is 8.78 Å². The van der Waals surface area contributed by atoms with E-state index in [9.17, 15) is 13.6 Å². The topological polar surface area (TPSA) is 37.3 Å². The van der Waals surface area contributed by atoms with Gasteiger partial charge in [0.1, 0.15) is 5.75 Å². The fourth-order valence-corrected chi connectivity index (χ4v) is 1.73. The molecule has 0 aliphatic rings. The van der Waals surface area contributed by atoms with Gasteiger partial charge in [-0.2, -0.15) is 0 Å². The van der Waals surface area contributed by atoms with Crippen LogP contribution < -0.4 is 0 Å². The van der Waals surface area contributed by atoms with Crippen molar-refractivity contribution in [1.82, 2.24) is 0 Å². The molecule has 0 saturated carbocycles. The van der Waals surface area contributed by atoms with E-state index in [4.69, 9.17) is 5.11 Å². The summed E-state index contributed by atoms with van der Waals surface area (Å²) in [5.41, 5.74) is -0.324. The zero-order valence-corrected chi connectivity index (χ0v) is 8.81. The summed E-state index contributed by atoms with van der Waals surface area (Å²) in [6.07, 6.45) is -2.73. The van der Waals surface area contributed by atoms with Crippen molar-refractivity contribution in [1.29, 1.82) is 0 Å². The van der Waals surface area contributed by atoms with Crippen LogP contribution in [0, 0.1) is 0 Å². The number of hydrogen-bond acceptors (Lipinski definition) is 2. The lowest BCUT2D eigenvalue weighted by Crippen LogP contribution is -1.97. The van der Waals surface area contributed by atoms with Crippen molar-refractivity contribution in [2.45, 2.75) is 13.3 Å². The number of carbonyl (C=O) groups excluding carboxylic acids is 1. The van der Waals surface area contributed by atoms with Gasteiger partial charge in [0.2, 0.25) is 0 Å². The molecule has 0 atom stereocenters. The molecule has 1 N–H and O–H groups in total. The normalized spacial score (nSPS) is 10.6. The SMILES string of the molecule is CC(=O)c1cc(O)cc(C(F)F)c1Br. The summed E-state index contributed by atoms with van der Waals surface area (Å²) in [5, 5.41) is 9.11. The summed E-state index contributed by atoms with van der Waals surface area (Å²) >= 11 is 2.90. The lowest BCUT2D eigenvalue weighted by atomic mass is 10.1. The molecular formula is C9H7BrF2O2. The molecule has 0 bridgehead atoms. The van der Waals surface area contributed by atoms with E-state index in [1.165, 1.54) is 6.92 Å². The van der Waals surface area contributed by atoms with E-state index in [0.717, 1.165) is 12.1 Å². The molecule has 2 nitrogen and oxygen atoms in total. The molecule has 0 aliphatic carbocycles. The number of aromatic hydroxyl groups is 1. The predicted molar refractivity (Wildman–Crippen MR) is 50.8 cm³/mol. The summed E-state index contributed by atoms with van der Waals surface area (Å²) in [6, 6.07) is 2.08. The third-order valence-corrected chi connectivity index (χ3v) is 2.58. The monoisotopic (exact) mass is 264 g/mol. The number of carbonyl (C=O) groups is 1. The lowest BCUT2D eigenvalue weighted by Gasteiger charge is -2.07. The third kappa shape index (κ3) is 2.09. The number of halogens is 3. The lowest BCUT2D eigenvalue weighted by molar-refractivity contribution is 0.101. The first-order chi connectivity index (χ1) is 6.43. The van der Waals surface area contributed by atoms with Gasteiger partial charge < -0.3 is 5.11 Å². The molecule has 0 fully saturated rings. The van der Waals surface area contributed by atoms with Gasteiger partial charge in [-0.1, -0.05) is 0 Å². The molecule has 0 aliphatic heterocycles. The first-order valence-corrected chi connectivity index (χ1v) is 4.54. The van der Waals surface area contributed by atoms with Crippen LogP contribution >= 0.6 is 15.9 Å². The second kappa shape index (κ2) is 4.04. The minimum Gasteiger partial charge on any atom is -0.508 e. The molecule has 1 aromatic carbocycles. The second-order valence-corrected chi connectivity index (χ2v) is 3.55. The molecule has 1 rings (SSSR count). The van der Waals surface area contributed by atoms with Crippen LogP contribution in [0.5, 0.6) is 5.75 Å². The molecule has 14 heavy (non-hydrogen) atoms. The van der Waals surface area contributed by atoms with Gasteiger partial charge in [0.25, 0.3) is 6.43 Å². The molecule has 5 heteroatoms. The van der Waals surface area contributed by atoms with Gasteiger partial charge in [-0.25, -0.2) is 8.78 Å². The predicted octanol–water partition coefficient (Wildman–Crippen LogP) is 3.29. The molecule has 0 heterocycles. The van der Waals surface area contributed by atoms with Crippen LogP contribution in [-0.2, 0) is 0 Å². The van der Waals surface area contributed by atoms with Crippen molar-refractivity contribution in [2.24, 2.45) is 0 Å². The number of ketones is 1. The van der Waals surface area contributed by atoms with Crippen molar-refractivity contribution >= 4 is 21.7 Å². The number of phenolic OH excluding ortho intramolecular Hbond substituents is 1. The second-order valence-electron chi connectivity index (χ2n) is 2.75. The van der Waals surface area contributed by atoms with Crippen molar-refractivity contribution in [3.63, 3.8) is 0 Å². The fraction of sp³-hybridized carbons (Fsp3) is 0.222. The van der Waals surface area contributed by atoms with Gasteiger partial charge in [0.05, 0.1) is 0 Å². The average molecular weight is 265 g/mol. The number of rotatable bonds is 2. The maximum atomic E-state index is 12.4. The van der Waals surface area contributed by atoms with Crippen molar-refractivity contribution in [3.8, 4) is 5.75 Å². The van der Waals surface area contributed by atoms with Crippen LogP contribution in [0.1, 0.15) is 29.3 Å². The zero-order chi connectivity index (χ0) is 10.9. The van der Waals surface area contributed by atoms with E-state index in [1.54, 1.807) is 0 Å². The highest BCUT2D eigenvalue weighted by Gasteiger charge is 2.18. The molecule has 0 radical (unpaired) electrons.